The molecule has 0 fully saturated rings. The van der Waals surface area contributed by atoms with E-state index >= 15 is 0 Å². The Kier molecular flexibility index (Phi) is 4.73. The second-order valence-electron chi connectivity index (χ2n) is 2.92. The molecule has 1 aromatic rings. The molecule has 0 unspecified atom stereocenters. The van der Waals surface area contributed by atoms with Crippen molar-refractivity contribution in [3.8, 4) is 11.5 Å². The largest absolute Gasteiger partial charge is 0.492 e. The van der Waals surface area contributed by atoms with Crippen LogP contribution in [-0.4, -0.2) is 25.3 Å². The van der Waals surface area contributed by atoms with Gasteiger partial charge in [-0.2, -0.15) is 13.2 Å². The summed E-state index contributed by atoms with van der Waals surface area (Å²) < 4.78 is 45.3. The Labute approximate surface area is 95.9 Å². The van der Waals surface area contributed by atoms with Crippen LogP contribution < -0.4 is 9.47 Å². The Morgan fingerprint density at radius 3 is 2.31 bits per heavy atom. The third-order valence-electron chi connectivity index (χ3n) is 1.55. The summed E-state index contributed by atoms with van der Waals surface area (Å²) in [5.74, 6) is 0.859. The van der Waals surface area contributed by atoms with Gasteiger partial charge >= 0.3 is 6.18 Å². The van der Waals surface area contributed by atoms with E-state index in [1.165, 1.54) is 12.1 Å². The molecule has 0 aliphatic heterocycles. The van der Waals surface area contributed by atoms with Crippen molar-refractivity contribution in [3.05, 3.63) is 24.3 Å². The normalized spacial score (nSPS) is 11.2. The van der Waals surface area contributed by atoms with E-state index in [0.717, 1.165) is 0 Å². The third kappa shape index (κ3) is 5.11. The van der Waals surface area contributed by atoms with E-state index in [-0.39, 0.29) is 5.75 Å². The van der Waals surface area contributed by atoms with Crippen molar-refractivity contribution in [1.29, 1.82) is 0 Å². The van der Waals surface area contributed by atoms with Gasteiger partial charge < -0.3 is 9.47 Å². The van der Waals surface area contributed by atoms with E-state index < -0.39 is 12.8 Å². The van der Waals surface area contributed by atoms with E-state index in [2.05, 4.69) is 4.74 Å². The van der Waals surface area contributed by atoms with E-state index in [1.54, 1.807) is 12.1 Å². The first-order chi connectivity index (χ1) is 7.51. The average molecular weight is 255 g/mol. The van der Waals surface area contributed by atoms with Crippen LogP contribution in [0, 0.1) is 0 Å². The molecule has 1 rings (SSSR count). The molecule has 2 nitrogen and oxygen atoms in total. The van der Waals surface area contributed by atoms with Gasteiger partial charge in [0.2, 0.25) is 0 Å². The maximum Gasteiger partial charge on any atom is 0.422 e. The zero-order valence-electron chi connectivity index (χ0n) is 8.26. The molecular weight excluding hydrogens is 245 g/mol. The number of benzene rings is 1. The van der Waals surface area contributed by atoms with Crippen LogP contribution in [-0.2, 0) is 0 Å². The van der Waals surface area contributed by atoms with Gasteiger partial charge in [-0.05, 0) is 12.1 Å². The lowest BCUT2D eigenvalue weighted by atomic mass is 10.3. The maximum atomic E-state index is 11.9. The molecule has 0 radical (unpaired) electrons. The molecule has 0 amide bonds. The first-order valence-corrected chi connectivity index (χ1v) is 5.03. The van der Waals surface area contributed by atoms with Crippen LogP contribution in [0.15, 0.2) is 24.3 Å². The summed E-state index contributed by atoms with van der Waals surface area (Å²) in [6, 6.07) is 5.99. The Hall–Kier alpha value is -1.10. The predicted molar refractivity (Wildman–Crippen MR) is 54.2 cm³/mol. The van der Waals surface area contributed by atoms with Crippen molar-refractivity contribution < 1.29 is 22.6 Å². The van der Waals surface area contributed by atoms with Crippen LogP contribution in [0.3, 0.4) is 0 Å². The van der Waals surface area contributed by atoms with Crippen molar-refractivity contribution in [2.75, 3.05) is 19.1 Å². The van der Waals surface area contributed by atoms with Gasteiger partial charge in [-0.1, -0.05) is 6.07 Å². The zero-order valence-corrected chi connectivity index (χ0v) is 9.02. The zero-order chi connectivity index (χ0) is 12.0. The van der Waals surface area contributed by atoms with Crippen molar-refractivity contribution in [2.45, 2.75) is 6.18 Å². The fraction of sp³-hybridized carbons (Fsp3) is 0.400. The lowest BCUT2D eigenvalue weighted by Gasteiger charge is -2.10. The summed E-state index contributed by atoms with van der Waals surface area (Å²) in [4.78, 5) is 0. The molecule has 0 atom stereocenters. The highest BCUT2D eigenvalue weighted by atomic mass is 35.5. The van der Waals surface area contributed by atoms with E-state index in [9.17, 15) is 13.2 Å². The summed E-state index contributed by atoms with van der Waals surface area (Å²) >= 11 is 5.41. The molecule has 1 aromatic carbocycles. The minimum Gasteiger partial charge on any atom is -0.492 e. The summed E-state index contributed by atoms with van der Waals surface area (Å²) in [5, 5.41) is 0. The van der Waals surface area contributed by atoms with Crippen LogP contribution in [0.2, 0.25) is 0 Å². The van der Waals surface area contributed by atoms with E-state index in [0.29, 0.717) is 18.2 Å². The molecule has 0 heterocycles. The fourth-order valence-electron chi connectivity index (χ4n) is 0.975. The lowest BCUT2D eigenvalue weighted by Crippen LogP contribution is -2.19. The van der Waals surface area contributed by atoms with Gasteiger partial charge in [0, 0.05) is 6.07 Å². The minimum atomic E-state index is -4.34. The number of hydrogen-bond donors (Lipinski definition) is 0. The van der Waals surface area contributed by atoms with Gasteiger partial charge in [0.05, 0.1) is 5.88 Å². The molecule has 6 heteroatoms. The van der Waals surface area contributed by atoms with Gasteiger partial charge in [-0.15, -0.1) is 11.6 Å². The Balaban J connectivity index is 2.53. The predicted octanol–water partition coefficient (Wildman–Crippen LogP) is 3.25. The molecule has 0 bridgehead atoms. The highest BCUT2D eigenvalue weighted by molar-refractivity contribution is 6.17. The smallest absolute Gasteiger partial charge is 0.422 e. The number of ether oxygens (including phenoxy) is 2. The van der Waals surface area contributed by atoms with Gasteiger partial charge in [-0.3, -0.25) is 0 Å². The monoisotopic (exact) mass is 254 g/mol. The Morgan fingerprint density at radius 2 is 1.75 bits per heavy atom. The first kappa shape index (κ1) is 13.0. The lowest BCUT2D eigenvalue weighted by molar-refractivity contribution is -0.153. The quantitative estimate of drug-likeness (QED) is 0.751. The van der Waals surface area contributed by atoms with Crippen LogP contribution >= 0.6 is 11.6 Å². The van der Waals surface area contributed by atoms with Crippen molar-refractivity contribution >= 4 is 11.6 Å². The number of alkyl halides is 4. The molecule has 0 saturated heterocycles. The summed E-state index contributed by atoms with van der Waals surface area (Å²) in [7, 11) is 0. The van der Waals surface area contributed by atoms with Crippen molar-refractivity contribution in [1.82, 2.24) is 0 Å². The topological polar surface area (TPSA) is 18.5 Å². The SMILES string of the molecule is FC(F)(F)COc1cccc(OCCCl)c1. The first-order valence-electron chi connectivity index (χ1n) is 4.49. The molecule has 0 aliphatic rings. The van der Waals surface area contributed by atoms with E-state index in [4.69, 9.17) is 16.3 Å². The van der Waals surface area contributed by atoms with Gasteiger partial charge in [0.15, 0.2) is 6.61 Å². The molecule has 0 aliphatic carbocycles. The molecule has 0 N–H and O–H groups in total. The minimum absolute atomic E-state index is 0.115. The third-order valence-corrected chi connectivity index (χ3v) is 1.71. The van der Waals surface area contributed by atoms with Crippen LogP contribution in [0.1, 0.15) is 0 Å². The number of hydrogen-bond acceptors (Lipinski definition) is 2. The molecular formula is C10H10ClF3O2. The van der Waals surface area contributed by atoms with Crippen molar-refractivity contribution in [2.24, 2.45) is 0 Å². The highest BCUT2D eigenvalue weighted by Crippen LogP contribution is 2.22. The van der Waals surface area contributed by atoms with Crippen LogP contribution in [0.5, 0.6) is 11.5 Å². The highest BCUT2D eigenvalue weighted by Gasteiger charge is 2.28. The van der Waals surface area contributed by atoms with Gasteiger partial charge in [0.1, 0.15) is 18.1 Å². The summed E-state index contributed by atoms with van der Waals surface area (Å²) in [5.41, 5.74) is 0. The molecule has 16 heavy (non-hydrogen) atoms. The van der Waals surface area contributed by atoms with Gasteiger partial charge in [-0.25, -0.2) is 0 Å². The maximum absolute atomic E-state index is 11.9. The Morgan fingerprint density at radius 1 is 1.12 bits per heavy atom. The summed E-state index contributed by atoms with van der Waals surface area (Å²) in [6.45, 7) is -1.02. The Bertz CT molecular complexity index is 328. The van der Waals surface area contributed by atoms with Crippen molar-refractivity contribution in [3.63, 3.8) is 0 Å². The standard InChI is InChI=1S/C10H10ClF3O2/c11-4-5-15-8-2-1-3-9(6-8)16-7-10(12,13)14/h1-3,6H,4-5,7H2. The van der Waals surface area contributed by atoms with Gasteiger partial charge in [0.25, 0.3) is 0 Å². The van der Waals surface area contributed by atoms with E-state index in [1.807, 2.05) is 0 Å². The molecule has 0 saturated carbocycles. The average Bonchev–Trinajstić information content (AvgIpc) is 2.23. The van der Waals surface area contributed by atoms with Crippen LogP contribution in [0.4, 0.5) is 13.2 Å². The fourth-order valence-corrected chi connectivity index (χ4v) is 1.05. The molecule has 0 aromatic heterocycles. The second-order valence-corrected chi connectivity index (χ2v) is 3.29. The number of rotatable bonds is 5. The molecule has 90 valence electrons. The number of halogens is 4. The van der Waals surface area contributed by atoms with Crippen LogP contribution in [0.25, 0.3) is 0 Å². The second kappa shape index (κ2) is 5.84. The molecule has 0 spiro atoms. The summed E-state index contributed by atoms with van der Waals surface area (Å²) in [6.07, 6.45) is -4.34.